The molecule has 0 bridgehead atoms. The second-order valence-corrected chi connectivity index (χ2v) is 7.52. The summed E-state index contributed by atoms with van der Waals surface area (Å²) < 4.78 is 18.3. The Morgan fingerprint density at radius 1 is 1.04 bits per heavy atom. The average Bonchev–Trinajstić information content (AvgIpc) is 2.67. The first-order chi connectivity index (χ1) is 12.2. The van der Waals surface area contributed by atoms with Crippen LogP contribution in [0.4, 0.5) is 4.39 Å². The maximum Gasteiger partial charge on any atom is 0.258 e. The van der Waals surface area contributed by atoms with Crippen LogP contribution < -0.4 is 15.0 Å². The summed E-state index contributed by atoms with van der Waals surface area (Å²) in [6.45, 7) is 3.20. The molecule has 0 unspecified atom stereocenters. The first-order valence-electron chi connectivity index (χ1n) is 9.68. The highest BCUT2D eigenvalue weighted by Crippen LogP contribution is 2.26. The number of likely N-dealkylation sites (tertiary alicyclic amines) is 1. The second kappa shape index (κ2) is 8.65. The van der Waals surface area contributed by atoms with Crippen LogP contribution in [0.3, 0.4) is 0 Å². The van der Waals surface area contributed by atoms with E-state index in [0.29, 0.717) is 5.75 Å². The molecular weight excluding hydrogens is 319 g/mol. The predicted octanol–water partition coefficient (Wildman–Crippen LogP) is 2.09. The lowest BCUT2D eigenvalue weighted by molar-refractivity contribution is -0.957. The lowest BCUT2D eigenvalue weighted by Gasteiger charge is -2.45. The zero-order valence-electron chi connectivity index (χ0n) is 15.0. The van der Waals surface area contributed by atoms with E-state index in [4.69, 9.17) is 4.74 Å². The van der Waals surface area contributed by atoms with Crippen LogP contribution in [-0.2, 0) is 4.79 Å². The van der Waals surface area contributed by atoms with E-state index in [2.05, 4.69) is 5.32 Å². The number of hydrogen-bond acceptors (Lipinski definition) is 2. The monoisotopic (exact) mass is 349 g/mol. The van der Waals surface area contributed by atoms with Crippen LogP contribution in [0.25, 0.3) is 0 Å². The van der Waals surface area contributed by atoms with Gasteiger partial charge in [0.2, 0.25) is 0 Å². The van der Waals surface area contributed by atoms with Crippen molar-refractivity contribution in [1.82, 2.24) is 5.32 Å². The number of hydrogen-bond donors (Lipinski definition) is 2. The van der Waals surface area contributed by atoms with Crippen molar-refractivity contribution in [3.8, 4) is 5.75 Å². The minimum absolute atomic E-state index is 0.0168. The maximum atomic E-state index is 12.9. The third kappa shape index (κ3) is 4.94. The SMILES string of the molecule is O=C(COc1ccc(F)cc1)NCC1([NH+]2CCCCC2)CCCCC1. The summed E-state index contributed by atoms with van der Waals surface area (Å²) in [6, 6.07) is 5.76. The smallest absolute Gasteiger partial charge is 0.258 e. The summed E-state index contributed by atoms with van der Waals surface area (Å²) in [5.41, 5.74) is 0.213. The molecule has 0 spiro atoms. The van der Waals surface area contributed by atoms with Crippen LogP contribution >= 0.6 is 0 Å². The molecule has 0 aromatic heterocycles. The number of rotatable bonds is 6. The summed E-state index contributed by atoms with van der Waals surface area (Å²) in [7, 11) is 0. The number of amides is 1. The lowest BCUT2D eigenvalue weighted by Crippen LogP contribution is -3.22. The zero-order valence-corrected chi connectivity index (χ0v) is 15.0. The van der Waals surface area contributed by atoms with Crippen LogP contribution in [0.1, 0.15) is 51.4 Å². The first-order valence-corrected chi connectivity index (χ1v) is 9.68. The van der Waals surface area contributed by atoms with Crippen LogP contribution in [0, 0.1) is 5.82 Å². The molecule has 1 saturated carbocycles. The van der Waals surface area contributed by atoms with Gasteiger partial charge >= 0.3 is 0 Å². The van der Waals surface area contributed by atoms with Crippen LogP contribution in [0.5, 0.6) is 5.75 Å². The molecule has 1 aromatic rings. The van der Waals surface area contributed by atoms with Crippen LogP contribution in [0.15, 0.2) is 24.3 Å². The van der Waals surface area contributed by atoms with Gasteiger partial charge in [0.15, 0.2) is 6.61 Å². The van der Waals surface area contributed by atoms with Crippen molar-refractivity contribution in [2.75, 3.05) is 26.2 Å². The minimum Gasteiger partial charge on any atom is -0.484 e. The summed E-state index contributed by atoms with van der Waals surface area (Å²) in [4.78, 5) is 13.9. The van der Waals surface area contributed by atoms with Crippen molar-refractivity contribution in [1.29, 1.82) is 0 Å². The fraction of sp³-hybridized carbons (Fsp3) is 0.650. The maximum absolute atomic E-state index is 12.9. The molecule has 1 aromatic carbocycles. The highest BCUT2D eigenvalue weighted by Gasteiger charge is 2.42. The van der Waals surface area contributed by atoms with Crippen molar-refractivity contribution in [3.05, 3.63) is 30.1 Å². The van der Waals surface area contributed by atoms with E-state index in [-0.39, 0.29) is 23.9 Å². The Morgan fingerprint density at radius 3 is 2.36 bits per heavy atom. The number of quaternary nitrogens is 1. The molecule has 1 saturated heterocycles. The Bertz CT molecular complexity index is 549. The summed E-state index contributed by atoms with van der Waals surface area (Å²) in [5.74, 6) is 0.122. The van der Waals surface area contributed by atoms with E-state index >= 15 is 0 Å². The van der Waals surface area contributed by atoms with Gasteiger partial charge in [0.05, 0.1) is 19.6 Å². The highest BCUT2D eigenvalue weighted by molar-refractivity contribution is 5.77. The fourth-order valence-electron chi connectivity index (χ4n) is 4.39. The Kier molecular flexibility index (Phi) is 6.29. The van der Waals surface area contributed by atoms with Gasteiger partial charge in [-0.3, -0.25) is 4.79 Å². The molecule has 1 amide bonds. The molecule has 138 valence electrons. The molecule has 4 nitrogen and oxygen atoms in total. The fourth-order valence-corrected chi connectivity index (χ4v) is 4.39. The Balaban J connectivity index is 1.51. The number of ether oxygens (including phenoxy) is 1. The van der Waals surface area contributed by atoms with Gasteiger partial charge in [0, 0.05) is 12.8 Å². The number of piperidine rings is 1. The topological polar surface area (TPSA) is 42.8 Å². The third-order valence-electron chi connectivity index (χ3n) is 5.83. The number of nitrogens with one attached hydrogen (secondary N) is 2. The summed E-state index contributed by atoms with van der Waals surface area (Å²) in [5, 5.41) is 3.11. The van der Waals surface area contributed by atoms with Gasteiger partial charge in [-0.1, -0.05) is 6.42 Å². The average molecular weight is 349 g/mol. The summed E-state index contributed by atoms with van der Waals surface area (Å²) >= 11 is 0. The van der Waals surface area contributed by atoms with Gasteiger partial charge in [-0.25, -0.2) is 4.39 Å². The van der Waals surface area contributed by atoms with Gasteiger partial charge in [0.25, 0.3) is 5.91 Å². The molecule has 0 radical (unpaired) electrons. The molecule has 2 N–H and O–H groups in total. The largest absolute Gasteiger partial charge is 0.484 e. The number of halogens is 1. The van der Waals surface area contributed by atoms with Gasteiger partial charge in [0.1, 0.15) is 17.1 Å². The van der Waals surface area contributed by atoms with Crippen molar-refractivity contribution >= 4 is 5.91 Å². The minimum atomic E-state index is -0.305. The normalized spacial score (nSPS) is 20.8. The van der Waals surface area contributed by atoms with Crippen LogP contribution in [0.2, 0.25) is 0 Å². The highest BCUT2D eigenvalue weighted by atomic mass is 19.1. The molecule has 1 aliphatic carbocycles. The van der Waals surface area contributed by atoms with E-state index in [1.807, 2.05) is 0 Å². The quantitative estimate of drug-likeness (QED) is 0.826. The Labute approximate surface area is 149 Å². The number of carbonyl (C=O) groups is 1. The van der Waals surface area contributed by atoms with Crippen molar-refractivity contribution in [2.24, 2.45) is 0 Å². The molecule has 1 heterocycles. The molecule has 2 fully saturated rings. The Morgan fingerprint density at radius 2 is 1.68 bits per heavy atom. The van der Waals surface area contributed by atoms with Gasteiger partial charge in [-0.15, -0.1) is 0 Å². The Hall–Kier alpha value is -1.62. The van der Waals surface area contributed by atoms with Gasteiger partial charge < -0.3 is 15.0 Å². The van der Waals surface area contributed by atoms with Gasteiger partial charge in [-0.05, 0) is 56.4 Å². The van der Waals surface area contributed by atoms with E-state index in [0.717, 1.165) is 6.54 Å². The van der Waals surface area contributed by atoms with Crippen molar-refractivity contribution in [2.45, 2.75) is 56.9 Å². The van der Waals surface area contributed by atoms with E-state index in [1.54, 1.807) is 17.0 Å². The van der Waals surface area contributed by atoms with E-state index in [1.165, 1.54) is 76.6 Å². The van der Waals surface area contributed by atoms with Crippen molar-refractivity contribution in [3.63, 3.8) is 0 Å². The molecule has 3 rings (SSSR count). The molecule has 25 heavy (non-hydrogen) atoms. The standard InChI is InChI=1S/C20H29FN2O2/c21-17-7-9-18(10-8-17)25-15-19(24)22-16-20(11-3-1-4-12-20)23-13-5-2-6-14-23/h7-10H,1-6,11-16H2,(H,22,24)/p+1. The first kappa shape index (κ1) is 18.2. The second-order valence-electron chi connectivity index (χ2n) is 7.52. The molecule has 5 heteroatoms. The van der Waals surface area contributed by atoms with Crippen LogP contribution in [-0.4, -0.2) is 37.7 Å². The predicted molar refractivity (Wildman–Crippen MR) is 95.3 cm³/mol. The molecule has 0 atom stereocenters. The van der Waals surface area contributed by atoms with E-state index in [9.17, 15) is 9.18 Å². The van der Waals surface area contributed by atoms with Crippen molar-refractivity contribution < 1.29 is 18.8 Å². The zero-order chi connectivity index (χ0) is 17.5. The van der Waals surface area contributed by atoms with E-state index < -0.39 is 0 Å². The molecule has 2 aliphatic rings. The third-order valence-corrected chi connectivity index (χ3v) is 5.83. The molecule has 1 aliphatic heterocycles. The lowest BCUT2D eigenvalue weighted by atomic mass is 9.79. The summed E-state index contributed by atoms with van der Waals surface area (Å²) in [6.07, 6.45) is 10.2. The van der Waals surface area contributed by atoms with Gasteiger partial charge in [-0.2, -0.15) is 0 Å². The molecular formula is C20H30FN2O2+. The number of benzene rings is 1. The number of carbonyl (C=O) groups excluding carboxylic acids is 1.